The fourth-order valence-corrected chi connectivity index (χ4v) is 2.53. The molecule has 0 spiro atoms. The van der Waals surface area contributed by atoms with Crippen molar-refractivity contribution in [3.63, 3.8) is 0 Å². The molecule has 0 unspecified atom stereocenters. The molecule has 0 bridgehead atoms. The molecule has 2 N–H and O–H groups in total. The minimum Gasteiger partial charge on any atom is -0.494 e. The van der Waals surface area contributed by atoms with E-state index in [9.17, 15) is 5.11 Å². The van der Waals surface area contributed by atoms with Gasteiger partial charge in [0.2, 0.25) is 0 Å². The van der Waals surface area contributed by atoms with Gasteiger partial charge in [0.15, 0.2) is 5.88 Å². The monoisotopic (exact) mass is 338 g/mol. The van der Waals surface area contributed by atoms with E-state index >= 15 is 0 Å². The highest BCUT2D eigenvalue weighted by atomic mass is 35.5. The molecule has 1 heterocycles. The average molecular weight is 340 g/mol. The second kappa shape index (κ2) is 5.60. The number of halogens is 3. The first-order valence-electron chi connectivity index (χ1n) is 6.04. The Balaban J connectivity index is 2.07. The highest BCUT2D eigenvalue weighted by Crippen LogP contribution is 2.31. The van der Waals surface area contributed by atoms with Crippen LogP contribution in [0.3, 0.4) is 0 Å². The lowest BCUT2D eigenvalue weighted by Crippen LogP contribution is -1.79. The zero-order valence-corrected chi connectivity index (χ0v) is 12.8. The maximum Gasteiger partial charge on any atom is 0.198 e. The Morgan fingerprint density at radius 1 is 1.00 bits per heavy atom. The summed E-state index contributed by atoms with van der Waals surface area (Å²) in [6.45, 7) is 0. The number of aromatic nitrogens is 1. The number of fused-ring (bicyclic) bond motifs is 1. The predicted octanol–water partition coefficient (Wildman–Crippen LogP) is 5.58. The van der Waals surface area contributed by atoms with E-state index in [0.29, 0.717) is 26.3 Å². The van der Waals surface area contributed by atoms with Crippen LogP contribution in [0.5, 0.6) is 5.88 Å². The Labute approximate surface area is 135 Å². The van der Waals surface area contributed by atoms with Crippen LogP contribution < -0.4 is 0 Å². The molecule has 6 heteroatoms. The number of hydrogen-bond acceptors (Lipinski definition) is 2. The summed E-state index contributed by atoms with van der Waals surface area (Å²) in [5.74, 6) is 0.0224. The van der Waals surface area contributed by atoms with Crippen molar-refractivity contribution in [3.05, 3.63) is 57.0 Å². The molecule has 0 aliphatic rings. The van der Waals surface area contributed by atoms with Crippen molar-refractivity contribution in [1.82, 2.24) is 4.98 Å². The van der Waals surface area contributed by atoms with E-state index in [-0.39, 0.29) is 5.88 Å². The molecule has 3 rings (SSSR count). The number of nitrogens with one attached hydrogen (secondary N) is 1. The van der Waals surface area contributed by atoms with Crippen molar-refractivity contribution >= 4 is 57.6 Å². The van der Waals surface area contributed by atoms with Crippen LogP contribution in [0, 0.1) is 0 Å². The maximum atomic E-state index is 9.98. The van der Waals surface area contributed by atoms with E-state index < -0.39 is 0 Å². The smallest absolute Gasteiger partial charge is 0.198 e. The molecule has 0 radical (unpaired) electrons. The SMILES string of the molecule is Oc1[nH]c2cc(Cl)ccc2c1C=Nc1cc(Cl)ccc1Cl. The quantitative estimate of drug-likeness (QED) is 0.588. The molecule has 0 atom stereocenters. The second-order valence-electron chi connectivity index (χ2n) is 4.43. The summed E-state index contributed by atoms with van der Waals surface area (Å²) in [5, 5.41) is 12.4. The van der Waals surface area contributed by atoms with Crippen LogP contribution in [0.2, 0.25) is 15.1 Å². The number of hydrogen-bond donors (Lipinski definition) is 2. The molecule has 0 aliphatic heterocycles. The number of aromatic amines is 1. The number of aliphatic imine (C=N–C) groups is 1. The van der Waals surface area contributed by atoms with Crippen molar-refractivity contribution in [2.45, 2.75) is 0 Å². The van der Waals surface area contributed by atoms with Crippen LogP contribution in [0.15, 0.2) is 41.4 Å². The zero-order valence-electron chi connectivity index (χ0n) is 10.6. The van der Waals surface area contributed by atoms with Crippen LogP contribution in [0.1, 0.15) is 5.56 Å². The van der Waals surface area contributed by atoms with Crippen molar-refractivity contribution in [2.24, 2.45) is 4.99 Å². The Hall–Kier alpha value is -1.68. The molecule has 21 heavy (non-hydrogen) atoms. The summed E-state index contributed by atoms with van der Waals surface area (Å²) >= 11 is 17.9. The molecule has 0 saturated heterocycles. The van der Waals surface area contributed by atoms with Gasteiger partial charge in [0.1, 0.15) is 0 Å². The molecular formula is C15H9Cl3N2O. The Bertz CT molecular complexity index is 855. The second-order valence-corrected chi connectivity index (χ2v) is 5.71. The average Bonchev–Trinajstić information content (AvgIpc) is 2.74. The Morgan fingerprint density at radius 2 is 1.71 bits per heavy atom. The molecule has 2 aromatic carbocycles. The van der Waals surface area contributed by atoms with Gasteiger partial charge in [-0.25, -0.2) is 0 Å². The molecule has 0 aliphatic carbocycles. The summed E-state index contributed by atoms with van der Waals surface area (Å²) in [6.07, 6.45) is 1.54. The third-order valence-electron chi connectivity index (χ3n) is 3.02. The summed E-state index contributed by atoms with van der Waals surface area (Å²) < 4.78 is 0. The summed E-state index contributed by atoms with van der Waals surface area (Å²) in [5.41, 5.74) is 1.84. The zero-order chi connectivity index (χ0) is 15.0. The van der Waals surface area contributed by atoms with Gasteiger partial charge in [-0.3, -0.25) is 4.99 Å². The Kier molecular flexibility index (Phi) is 3.81. The number of H-pyrrole nitrogens is 1. The fourth-order valence-electron chi connectivity index (χ4n) is 2.03. The molecule has 0 saturated carbocycles. The summed E-state index contributed by atoms with van der Waals surface area (Å²) in [7, 11) is 0. The first-order chi connectivity index (χ1) is 10.0. The first kappa shape index (κ1) is 14.3. The molecular weight excluding hydrogens is 331 g/mol. The van der Waals surface area contributed by atoms with E-state index in [0.717, 1.165) is 10.9 Å². The van der Waals surface area contributed by atoms with Gasteiger partial charge >= 0.3 is 0 Å². The molecule has 0 amide bonds. The minimum atomic E-state index is 0.0224. The van der Waals surface area contributed by atoms with Crippen molar-refractivity contribution < 1.29 is 5.11 Å². The standard InChI is InChI=1S/C15H9Cl3N2O/c16-8-1-3-10-11(15(21)20-13(10)5-8)7-19-14-6-9(17)2-4-12(14)18/h1-7,20-21H. The van der Waals surface area contributed by atoms with Crippen molar-refractivity contribution in [3.8, 4) is 5.88 Å². The first-order valence-corrected chi connectivity index (χ1v) is 7.17. The van der Waals surface area contributed by atoms with Crippen LogP contribution in [-0.4, -0.2) is 16.3 Å². The van der Waals surface area contributed by atoms with E-state index in [1.165, 1.54) is 0 Å². The van der Waals surface area contributed by atoms with Gasteiger partial charge in [-0.15, -0.1) is 0 Å². The van der Waals surface area contributed by atoms with Gasteiger partial charge in [-0.1, -0.05) is 40.9 Å². The molecule has 3 nitrogen and oxygen atoms in total. The number of benzene rings is 2. The van der Waals surface area contributed by atoms with Gasteiger partial charge in [0, 0.05) is 21.6 Å². The van der Waals surface area contributed by atoms with Crippen LogP contribution >= 0.6 is 34.8 Å². The van der Waals surface area contributed by atoms with Gasteiger partial charge in [0.05, 0.1) is 21.8 Å². The van der Waals surface area contributed by atoms with E-state index in [4.69, 9.17) is 34.8 Å². The lowest BCUT2D eigenvalue weighted by Gasteiger charge is -1.98. The fraction of sp³-hybridized carbons (Fsp3) is 0. The third-order valence-corrected chi connectivity index (χ3v) is 3.81. The van der Waals surface area contributed by atoms with Crippen molar-refractivity contribution in [2.75, 3.05) is 0 Å². The maximum absolute atomic E-state index is 9.98. The van der Waals surface area contributed by atoms with Gasteiger partial charge in [0.25, 0.3) is 0 Å². The van der Waals surface area contributed by atoms with E-state index in [1.54, 1.807) is 36.5 Å². The Morgan fingerprint density at radius 3 is 2.52 bits per heavy atom. The van der Waals surface area contributed by atoms with E-state index in [1.807, 2.05) is 6.07 Å². The predicted molar refractivity (Wildman–Crippen MR) is 88.7 cm³/mol. The van der Waals surface area contributed by atoms with Gasteiger partial charge < -0.3 is 10.1 Å². The topological polar surface area (TPSA) is 48.4 Å². The van der Waals surface area contributed by atoms with Crippen LogP contribution in [0.4, 0.5) is 5.69 Å². The third kappa shape index (κ3) is 2.86. The molecule has 1 aromatic heterocycles. The largest absolute Gasteiger partial charge is 0.494 e. The van der Waals surface area contributed by atoms with Gasteiger partial charge in [-0.05, 0) is 30.3 Å². The van der Waals surface area contributed by atoms with Gasteiger partial charge in [-0.2, -0.15) is 0 Å². The lowest BCUT2D eigenvalue weighted by atomic mass is 10.2. The summed E-state index contributed by atoms with van der Waals surface area (Å²) in [6, 6.07) is 10.3. The highest BCUT2D eigenvalue weighted by Gasteiger charge is 2.09. The normalized spacial score (nSPS) is 11.6. The van der Waals surface area contributed by atoms with Crippen molar-refractivity contribution in [1.29, 1.82) is 0 Å². The van der Waals surface area contributed by atoms with Crippen LogP contribution in [0.25, 0.3) is 10.9 Å². The minimum absolute atomic E-state index is 0.0224. The summed E-state index contributed by atoms with van der Waals surface area (Å²) in [4.78, 5) is 7.14. The number of rotatable bonds is 2. The van der Waals surface area contributed by atoms with E-state index in [2.05, 4.69) is 9.98 Å². The lowest BCUT2D eigenvalue weighted by molar-refractivity contribution is 0.457. The van der Waals surface area contributed by atoms with Crippen LogP contribution in [-0.2, 0) is 0 Å². The number of aromatic hydroxyl groups is 1. The number of nitrogens with zero attached hydrogens (tertiary/aromatic N) is 1. The highest BCUT2D eigenvalue weighted by molar-refractivity contribution is 6.35. The molecule has 0 fully saturated rings. The molecule has 106 valence electrons. The molecule has 3 aromatic rings.